The predicted molar refractivity (Wildman–Crippen MR) is 113 cm³/mol. The van der Waals surface area contributed by atoms with E-state index in [0.29, 0.717) is 37.5 Å². The molecule has 2 rings (SSSR count). The van der Waals surface area contributed by atoms with Crippen molar-refractivity contribution >= 4 is 21.8 Å². The van der Waals surface area contributed by atoms with Gasteiger partial charge in [-0.1, -0.05) is 18.6 Å². The van der Waals surface area contributed by atoms with Gasteiger partial charge < -0.3 is 9.80 Å². The Morgan fingerprint density at radius 2 is 1.55 bits per heavy atom. The van der Waals surface area contributed by atoms with E-state index in [4.69, 9.17) is 0 Å². The number of carbonyl (C=O) groups is 2. The van der Waals surface area contributed by atoms with Crippen LogP contribution in [0.5, 0.6) is 0 Å². The molecule has 1 aromatic carbocycles. The second kappa shape index (κ2) is 10.7. The van der Waals surface area contributed by atoms with Crippen molar-refractivity contribution in [2.75, 3.05) is 39.8 Å². The van der Waals surface area contributed by atoms with Crippen LogP contribution in [0.15, 0.2) is 29.2 Å². The summed E-state index contributed by atoms with van der Waals surface area (Å²) in [5.74, 6) is -0.159. The number of sulfonamides is 1. The lowest BCUT2D eigenvalue weighted by atomic mass is 10.1. The number of amides is 2. The monoisotopic (exact) mass is 423 g/mol. The minimum Gasteiger partial charge on any atom is -0.342 e. The van der Waals surface area contributed by atoms with Crippen molar-refractivity contribution in [3.63, 3.8) is 0 Å². The molecule has 0 atom stereocenters. The van der Waals surface area contributed by atoms with Crippen LogP contribution in [0.25, 0.3) is 0 Å². The number of aryl methyl sites for hydroxylation is 1. The van der Waals surface area contributed by atoms with Gasteiger partial charge in [-0.3, -0.25) is 9.59 Å². The molecule has 0 unspecified atom stereocenters. The third-order valence-corrected chi connectivity index (χ3v) is 7.33. The summed E-state index contributed by atoms with van der Waals surface area (Å²) in [6.07, 6.45) is 3.67. The number of benzene rings is 1. The minimum absolute atomic E-state index is 0.0573. The van der Waals surface area contributed by atoms with Crippen LogP contribution in [-0.4, -0.2) is 74.1 Å². The Morgan fingerprint density at radius 1 is 0.966 bits per heavy atom. The summed E-state index contributed by atoms with van der Waals surface area (Å²) in [5, 5.41) is 0. The molecule has 29 heavy (non-hydrogen) atoms. The van der Waals surface area contributed by atoms with Gasteiger partial charge >= 0.3 is 0 Å². The van der Waals surface area contributed by atoms with E-state index in [1.54, 1.807) is 40.5 Å². The molecule has 1 saturated heterocycles. The van der Waals surface area contributed by atoms with Gasteiger partial charge in [0.2, 0.25) is 21.8 Å². The van der Waals surface area contributed by atoms with Gasteiger partial charge in [0.1, 0.15) is 0 Å². The van der Waals surface area contributed by atoms with E-state index in [1.807, 2.05) is 13.8 Å². The lowest BCUT2D eigenvalue weighted by Crippen LogP contribution is -2.41. The van der Waals surface area contributed by atoms with Crippen LogP contribution >= 0.6 is 0 Å². The zero-order valence-corrected chi connectivity index (χ0v) is 18.6. The van der Waals surface area contributed by atoms with Crippen LogP contribution in [-0.2, 0) is 26.0 Å². The first kappa shape index (κ1) is 23.3. The van der Waals surface area contributed by atoms with E-state index in [2.05, 4.69) is 0 Å². The Bertz CT molecular complexity index is 783. The number of hydrogen-bond donors (Lipinski definition) is 0. The fraction of sp³-hybridized carbons (Fsp3) is 0.619. The molecule has 1 aliphatic rings. The maximum absolute atomic E-state index is 12.7. The van der Waals surface area contributed by atoms with Crippen LogP contribution < -0.4 is 0 Å². The molecule has 0 N–H and O–H groups in total. The van der Waals surface area contributed by atoms with E-state index in [-0.39, 0.29) is 24.8 Å². The van der Waals surface area contributed by atoms with Gasteiger partial charge in [-0.05, 0) is 50.8 Å². The van der Waals surface area contributed by atoms with Gasteiger partial charge in [-0.15, -0.1) is 0 Å². The fourth-order valence-corrected chi connectivity index (χ4v) is 5.01. The lowest BCUT2D eigenvalue weighted by molar-refractivity contribution is -0.139. The third kappa shape index (κ3) is 6.27. The van der Waals surface area contributed by atoms with Crippen molar-refractivity contribution in [3.8, 4) is 0 Å². The molecule has 1 aliphatic heterocycles. The quantitative estimate of drug-likeness (QED) is 0.610. The number of likely N-dealkylation sites (N-methyl/N-ethyl adjacent to an activating group) is 2. The van der Waals surface area contributed by atoms with E-state index in [1.165, 1.54) is 4.90 Å². The highest BCUT2D eigenvalue weighted by Crippen LogP contribution is 2.21. The van der Waals surface area contributed by atoms with Gasteiger partial charge in [0.25, 0.3) is 0 Å². The molecule has 162 valence electrons. The van der Waals surface area contributed by atoms with Crippen molar-refractivity contribution in [2.45, 2.75) is 50.8 Å². The van der Waals surface area contributed by atoms with Crippen molar-refractivity contribution in [1.82, 2.24) is 14.1 Å². The molecule has 8 heteroatoms. The van der Waals surface area contributed by atoms with E-state index < -0.39 is 10.0 Å². The number of rotatable bonds is 9. The van der Waals surface area contributed by atoms with Gasteiger partial charge in [-0.25, -0.2) is 8.42 Å². The van der Waals surface area contributed by atoms with E-state index in [0.717, 1.165) is 24.8 Å². The van der Waals surface area contributed by atoms with Crippen molar-refractivity contribution < 1.29 is 18.0 Å². The zero-order valence-electron chi connectivity index (χ0n) is 17.8. The summed E-state index contributed by atoms with van der Waals surface area (Å²) in [6.45, 7) is 6.33. The van der Waals surface area contributed by atoms with Gasteiger partial charge in [0, 0.05) is 39.6 Å². The number of hydrogen-bond acceptors (Lipinski definition) is 4. The van der Waals surface area contributed by atoms with Crippen molar-refractivity contribution in [3.05, 3.63) is 29.8 Å². The van der Waals surface area contributed by atoms with Crippen LogP contribution in [0.2, 0.25) is 0 Å². The largest absolute Gasteiger partial charge is 0.342 e. The highest BCUT2D eigenvalue weighted by Gasteiger charge is 2.25. The molecule has 0 spiro atoms. The summed E-state index contributed by atoms with van der Waals surface area (Å²) in [6, 6.07) is 6.78. The summed E-state index contributed by atoms with van der Waals surface area (Å²) in [5.41, 5.74) is 0.902. The van der Waals surface area contributed by atoms with Crippen molar-refractivity contribution in [2.24, 2.45) is 0 Å². The molecule has 0 bridgehead atoms. The van der Waals surface area contributed by atoms with E-state index in [9.17, 15) is 18.0 Å². The SMILES string of the molecule is CCN(CC)C(=O)CN(C)C(=O)CCc1ccc(S(=O)(=O)N2CCCCC2)cc1. The first-order valence-corrected chi connectivity index (χ1v) is 11.8. The van der Waals surface area contributed by atoms with Crippen LogP contribution in [0.3, 0.4) is 0 Å². The summed E-state index contributed by atoms with van der Waals surface area (Å²) < 4.78 is 26.9. The average molecular weight is 424 g/mol. The van der Waals surface area contributed by atoms with Gasteiger partial charge in [-0.2, -0.15) is 4.31 Å². The second-order valence-corrected chi connectivity index (χ2v) is 9.36. The number of piperidine rings is 1. The first-order valence-electron chi connectivity index (χ1n) is 10.4. The summed E-state index contributed by atoms with van der Waals surface area (Å²) >= 11 is 0. The molecule has 7 nitrogen and oxygen atoms in total. The molecule has 0 radical (unpaired) electrons. The standard InChI is InChI=1S/C21H33N3O4S/c1-4-23(5-2)21(26)17-22(3)20(25)14-11-18-9-12-19(13-10-18)29(27,28)24-15-7-6-8-16-24/h9-10,12-13H,4-8,11,14-17H2,1-3H3. The molecular weight excluding hydrogens is 390 g/mol. The Balaban J connectivity index is 1.89. The summed E-state index contributed by atoms with van der Waals surface area (Å²) in [7, 11) is -1.80. The predicted octanol–water partition coefficient (Wildman–Crippen LogP) is 2.12. The Hall–Kier alpha value is -1.93. The van der Waals surface area contributed by atoms with Gasteiger partial charge in [0.15, 0.2) is 0 Å². The Labute approximate surface area is 174 Å². The fourth-order valence-electron chi connectivity index (χ4n) is 3.49. The highest BCUT2D eigenvalue weighted by atomic mass is 32.2. The van der Waals surface area contributed by atoms with Crippen molar-refractivity contribution in [1.29, 1.82) is 0 Å². The molecule has 0 aromatic heterocycles. The minimum atomic E-state index is -3.43. The van der Waals surface area contributed by atoms with Crippen LogP contribution in [0.1, 0.15) is 45.1 Å². The number of nitrogens with zero attached hydrogens (tertiary/aromatic N) is 3. The van der Waals surface area contributed by atoms with Crippen LogP contribution in [0.4, 0.5) is 0 Å². The molecule has 2 amide bonds. The third-order valence-electron chi connectivity index (χ3n) is 5.42. The topological polar surface area (TPSA) is 78.0 Å². The molecular formula is C21H33N3O4S. The molecule has 1 heterocycles. The van der Waals surface area contributed by atoms with Crippen LogP contribution in [0, 0.1) is 0 Å². The molecule has 0 aliphatic carbocycles. The smallest absolute Gasteiger partial charge is 0.243 e. The maximum Gasteiger partial charge on any atom is 0.243 e. The highest BCUT2D eigenvalue weighted by molar-refractivity contribution is 7.89. The lowest BCUT2D eigenvalue weighted by Gasteiger charge is -2.25. The normalized spacial score (nSPS) is 15.1. The Morgan fingerprint density at radius 3 is 2.10 bits per heavy atom. The zero-order chi connectivity index (χ0) is 21.4. The maximum atomic E-state index is 12.7. The van der Waals surface area contributed by atoms with Gasteiger partial charge in [0.05, 0.1) is 11.4 Å². The second-order valence-electron chi connectivity index (χ2n) is 7.42. The Kier molecular flexibility index (Phi) is 8.64. The molecule has 1 fully saturated rings. The first-order chi connectivity index (χ1) is 13.8. The molecule has 0 saturated carbocycles. The average Bonchev–Trinajstić information content (AvgIpc) is 2.73. The number of carbonyl (C=O) groups excluding carboxylic acids is 2. The van der Waals surface area contributed by atoms with E-state index >= 15 is 0 Å². The summed E-state index contributed by atoms with van der Waals surface area (Å²) in [4.78, 5) is 27.9. The molecule has 1 aromatic rings.